The fourth-order valence-corrected chi connectivity index (χ4v) is 1.42. The maximum Gasteiger partial charge on any atom is 0.362 e. The van der Waals surface area contributed by atoms with Crippen LogP contribution in [-0.2, 0) is 9.53 Å². The lowest BCUT2D eigenvalue weighted by atomic mass is 10.2. The Hall–Kier alpha value is -2.84. The highest BCUT2D eigenvalue weighted by Gasteiger charge is 2.19. The topological polar surface area (TPSA) is 100 Å². The minimum Gasteiger partial charge on any atom is -0.461 e. The van der Waals surface area contributed by atoms with Crippen molar-refractivity contribution in [1.82, 2.24) is 5.43 Å². The van der Waals surface area contributed by atoms with Gasteiger partial charge in [-0.05, 0) is 26.0 Å². The van der Waals surface area contributed by atoms with Gasteiger partial charge in [0, 0.05) is 0 Å². The molecule has 0 spiro atoms. The molecule has 22 heavy (non-hydrogen) atoms. The van der Waals surface area contributed by atoms with Gasteiger partial charge in [-0.15, -0.1) is 0 Å². The Morgan fingerprint density at radius 3 is 2.41 bits per heavy atom. The maximum atomic E-state index is 13.4. The van der Waals surface area contributed by atoms with Crippen molar-refractivity contribution in [2.75, 3.05) is 6.61 Å². The second-order valence-electron chi connectivity index (χ2n) is 3.90. The lowest BCUT2D eigenvalue weighted by Crippen LogP contribution is -2.28. The zero-order valence-electron chi connectivity index (χ0n) is 11.8. The quantitative estimate of drug-likeness (QED) is 0.372. The van der Waals surface area contributed by atoms with Crippen LogP contribution in [0.1, 0.15) is 24.2 Å². The molecule has 0 unspecified atom stereocenters. The average molecular weight is 313 g/mol. The SMILES string of the molecule is CCOC(=O)C(=NO)C(C)=NNC(=O)c1c(F)cccc1F. The summed E-state index contributed by atoms with van der Waals surface area (Å²) in [4.78, 5) is 23.1. The summed E-state index contributed by atoms with van der Waals surface area (Å²) in [5.41, 5.74) is 0.292. The van der Waals surface area contributed by atoms with Crippen LogP contribution in [-0.4, -0.2) is 35.1 Å². The number of halogens is 2. The van der Waals surface area contributed by atoms with Crippen LogP contribution in [0.5, 0.6) is 0 Å². The van der Waals surface area contributed by atoms with E-state index in [0.717, 1.165) is 18.2 Å². The van der Waals surface area contributed by atoms with E-state index in [9.17, 15) is 18.4 Å². The number of hydrogen-bond donors (Lipinski definition) is 2. The predicted molar refractivity (Wildman–Crippen MR) is 72.8 cm³/mol. The average Bonchev–Trinajstić information content (AvgIpc) is 2.46. The maximum absolute atomic E-state index is 13.4. The zero-order chi connectivity index (χ0) is 16.7. The first-order chi connectivity index (χ1) is 10.4. The zero-order valence-corrected chi connectivity index (χ0v) is 11.8. The molecule has 1 aromatic carbocycles. The van der Waals surface area contributed by atoms with Gasteiger partial charge in [-0.3, -0.25) is 4.79 Å². The van der Waals surface area contributed by atoms with Crippen LogP contribution in [0.3, 0.4) is 0 Å². The number of benzene rings is 1. The first-order valence-electron chi connectivity index (χ1n) is 6.10. The van der Waals surface area contributed by atoms with Gasteiger partial charge in [0.05, 0.1) is 12.3 Å². The van der Waals surface area contributed by atoms with E-state index < -0.39 is 34.8 Å². The minimum absolute atomic E-state index is 0.0396. The third kappa shape index (κ3) is 4.08. The molecule has 1 rings (SSSR count). The fraction of sp³-hybridized carbons (Fsp3) is 0.231. The molecule has 118 valence electrons. The van der Waals surface area contributed by atoms with Crippen LogP contribution in [0.25, 0.3) is 0 Å². The van der Waals surface area contributed by atoms with Crippen LogP contribution in [0.2, 0.25) is 0 Å². The number of nitrogens with zero attached hydrogens (tertiary/aromatic N) is 2. The van der Waals surface area contributed by atoms with Crippen molar-refractivity contribution in [2.24, 2.45) is 10.3 Å². The second kappa shape index (κ2) is 7.81. The normalized spacial score (nSPS) is 12.0. The highest BCUT2D eigenvalue weighted by atomic mass is 19.1. The minimum atomic E-state index is -1.16. The van der Waals surface area contributed by atoms with E-state index >= 15 is 0 Å². The van der Waals surface area contributed by atoms with Gasteiger partial charge in [-0.1, -0.05) is 11.2 Å². The number of esters is 1. The van der Waals surface area contributed by atoms with Crippen molar-refractivity contribution >= 4 is 23.3 Å². The molecule has 0 heterocycles. The molecule has 1 amide bonds. The molecule has 7 nitrogen and oxygen atoms in total. The number of hydrogen-bond acceptors (Lipinski definition) is 6. The van der Waals surface area contributed by atoms with Crippen LogP contribution in [0.15, 0.2) is 28.5 Å². The summed E-state index contributed by atoms with van der Waals surface area (Å²) in [5.74, 6) is -4.24. The summed E-state index contributed by atoms with van der Waals surface area (Å²) in [6.07, 6.45) is 0. The Bertz CT molecular complexity index is 624. The smallest absolute Gasteiger partial charge is 0.362 e. The number of hydrazone groups is 1. The molecule has 0 aliphatic carbocycles. The molecule has 1 aromatic rings. The number of oxime groups is 1. The van der Waals surface area contributed by atoms with Crippen LogP contribution >= 0.6 is 0 Å². The lowest BCUT2D eigenvalue weighted by Gasteiger charge is -2.05. The first kappa shape index (κ1) is 17.2. The lowest BCUT2D eigenvalue weighted by molar-refractivity contribution is -0.134. The van der Waals surface area contributed by atoms with E-state index in [-0.39, 0.29) is 12.3 Å². The molecule has 0 radical (unpaired) electrons. The van der Waals surface area contributed by atoms with Crippen molar-refractivity contribution in [3.05, 3.63) is 35.4 Å². The van der Waals surface area contributed by atoms with E-state index in [2.05, 4.69) is 15.0 Å². The molecule has 0 aliphatic heterocycles. The van der Waals surface area contributed by atoms with Crippen LogP contribution < -0.4 is 5.43 Å². The van der Waals surface area contributed by atoms with E-state index in [1.807, 2.05) is 5.43 Å². The molecule has 9 heteroatoms. The monoisotopic (exact) mass is 313 g/mol. The first-order valence-corrected chi connectivity index (χ1v) is 6.10. The number of nitrogens with one attached hydrogen (secondary N) is 1. The molecular weight excluding hydrogens is 300 g/mol. The Morgan fingerprint density at radius 2 is 1.91 bits per heavy atom. The largest absolute Gasteiger partial charge is 0.461 e. The molecule has 0 saturated heterocycles. The number of carbonyl (C=O) groups excluding carboxylic acids is 2. The molecule has 0 aromatic heterocycles. The Labute approximate surface area is 124 Å². The standard InChI is InChI=1S/C13H13F2N3O4/c1-3-22-13(20)11(18-21)7(2)16-17-12(19)10-8(14)5-4-6-9(10)15/h4-6,21H,3H2,1-2H3,(H,17,19). The molecular formula is C13H13F2N3O4. The fourth-order valence-electron chi connectivity index (χ4n) is 1.42. The summed E-state index contributed by atoms with van der Waals surface area (Å²) < 4.78 is 31.4. The molecule has 0 saturated carbocycles. The van der Waals surface area contributed by atoms with Gasteiger partial charge in [0.2, 0.25) is 5.71 Å². The third-order valence-electron chi connectivity index (χ3n) is 2.43. The molecule has 0 fully saturated rings. The van der Waals surface area contributed by atoms with E-state index in [4.69, 9.17) is 5.21 Å². The van der Waals surface area contributed by atoms with E-state index in [0.29, 0.717) is 0 Å². The molecule has 0 aliphatic rings. The van der Waals surface area contributed by atoms with Crippen molar-refractivity contribution in [3.63, 3.8) is 0 Å². The predicted octanol–water partition coefficient (Wildman–Crippen LogP) is 1.46. The van der Waals surface area contributed by atoms with Crippen molar-refractivity contribution in [3.8, 4) is 0 Å². The van der Waals surface area contributed by atoms with Gasteiger partial charge in [0.15, 0.2) is 0 Å². The highest BCUT2D eigenvalue weighted by Crippen LogP contribution is 2.11. The van der Waals surface area contributed by atoms with Gasteiger partial charge in [-0.25, -0.2) is 19.0 Å². The molecule has 2 N–H and O–H groups in total. The van der Waals surface area contributed by atoms with Crippen molar-refractivity contribution in [2.45, 2.75) is 13.8 Å². The highest BCUT2D eigenvalue weighted by molar-refractivity contribution is 6.65. The third-order valence-corrected chi connectivity index (χ3v) is 2.43. The number of ether oxygens (including phenoxy) is 1. The van der Waals surface area contributed by atoms with Crippen molar-refractivity contribution < 1.29 is 28.3 Å². The number of carbonyl (C=O) groups is 2. The van der Waals surface area contributed by atoms with E-state index in [1.54, 1.807) is 6.92 Å². The summed E-state index contributed by atoms with van der Waals surface area (Å²) in [6.45, 7) is 2.82. The molecule has 0 bridgehead atoms. The molecule has 0 atom stereocenters. The van der Waals surface area contributed by atoms with Gasteiger partial charge in [0.1, 0.15) is 17.2 Å². The van der Waals surface area contributed by atoms with Gasteiger partial charge in [0.25, 0.3) is 5.91 Å². The summed E-state index contributed by atoms with van der Waals surface area (Å²) in [7, 11) is 0. The number of amides is 1. The van der Waals surface area contributed by atoms with Crippen LogP contribution in [0.4, 0.5) is 8.78 Å². The van der Waals surface area contributed by atoms with E-state index in [1.165, 1.54) is 6.92 Å². The number of rotatable bonds is 5. The van der Waals surface area contributed by atoms with Gasteiger partial charge < -0.3 is 9.94 Å². The van der Waals surface area contributed by atoms with Crippen LogP contribution in [0, 0.1) is 11.6 Å². The summed E-state index contributed by atoms with van der Waals surface area (Å²) in [5, 5.41) is 14.9. The Morgan fingerprint density at radius 1 is 1.32 bits per heavy atom. The summed E-state index contributed by atoms with van der Waals surface area (Å²) in [6, 6.07) is 2.93. The van der Waals surface area contributed by atoms with Crippen molar-refractivity contribution in [1.29, 1.82) is 0 Å². The summed E-state index contributed by atoms with van der Waals surface area (Å²) >= 11 is 0. The Kier molecular flexibility index (Phi) is 6.11. The van der Waals surface area contributed by atoms with Gasteiger partial charge >= 0.3 is 5.97 Å². The Balaban J connectivity index is 2.91. The second-order valence-corrected chi connectivity index (χ2v) is 3.90. The van der Waals surface area contributed by atoms with Gasteiger partial charge in [-0.2, -0.15) is 5.10 Å².